The first-order chi connectivity index (χ1) is 7.04. The average molecular weight is 213 g/mol. The first-order valence-corrected chi connectivity index (χ1v) is 4.45. The number of aromatic hydroxyl groups is 1. The molecule has 0 spiro atoms. The van der Waals surface area contributed by atoms with Gasteiger partial charge in [0.15, 0.2) is 0 Å². The molecular weight excluding hydrogens is 201 g/mol. The molecule has 5 heteroatoms. The number of halogens is 1. The monoisotopic (exact) mass is 213 g/mol. The van der Waals surface area contributed by atoms with Crippen molar-refractivity contribution in [2.75, 3.05) is 6.54 Å². The summed E-state index contributed by atoms with van der Waals surface area (Å²) in [5.74, 6) is -2.26. The second kappa shape index (κ2) is 4.75. The Hall–Kier alpha value is -1.62. The van der Waals surface area contributed by atoms with E-state index in [2.05, 4.69) is 0 Å². The van der Waals surface area contributed by atoms with Crippen molar-refractivity contribution in [1.29, 1.82) is 0 Å². The van der Waals surface area contributed by atoms with E-state index in [9.17, 15) is 14.3 Å². The highest BCUT2D eigenvalue weighted by Crippen LogP contribution is 2.28. The zero-order valence-electron chi connectivity index (χ0n) is 7.98. The van der Waals surface area contributed by atoms with Crippen LogP contribution >= 0.6 is 0 Å². The van der Waals surface area contributed by atoms with Gasteiger partial charge in [0, 0.05) is 11.5 Å². The van der Waals surface area contributed by atoms with Gasteiger partial charge in [-0.25, -0.2) is 4.39 Å². The summed E-state index contributed by atoms with van der Waals surface area (Å²) in [6.45, 7) is 0.0450. The number of carboxylic acid groups (broad SMARTS) is 1. The smallest absolute Gasteiger partial charge is 0.304 e. The molecule has 0 saturated heterocycles. The molecule has 0 aliphatic rings. The highest BCUT2D eigenvalue weighted by Gasteiger charge is 2.17. The molecular formula is C10H12FNO3. The van der Waals surface area contributed by atoms with Gasteiger partial charge in [-0.05, 0) is 24.7 Å². The van der Waals surface area contributed by atoms with E-state index in [0.717, 1.165) is 12.1 Å². The Balaban J connectivity index is 3.00. The van der Waals surface area contributed by atoms with Crippen LogP contribution in [0.25, 0.3) is 0 Å². The van der Waals surface area contributed by atoms with Crippen molar-refractivity contribution in [1.82, 2.24) is 0 Å². The number of carboxylic acids is 1. The summed E-state index contributed by atoms with van der Waals surface area (Å²) in [5, 5.41) is 18.0. The third kappa shape index (κ3) is 2.92. The van der Waals surface area contributed by atoms with Gasteiger partial charge in [0.25, 0.3) is 0 Å². The lowest BCUT2D eigenvalue weighted by Gasteiger charge is -2.14. The third-order valence-corrected chi connectivity index (χ3v) is 2.13. The summed E-state index contributed by atoms with van der Waals surface area (Å²) in [6.07, 6.45) is -0.229. The van der Waals surface area contributed by atoms with Gasteiger partial charge in [0.2, 0.25) is 0 Å². The van der Waals surface area contributed by atoms with E-state index in [1.165, 1.54) is 6.07 Å². The molecule has 0 radical (unpaired) electrons. The molecule has 0 heterocycles. The molecule has 1 aromatic rings. The lowest BCUT2D eigenvalue weighted by molar-refractivity contribution is -0.137. The Morgan fingerprint density at radius 2 is 2.20 bits per heavy atom. The Kier molecular flexibility index (Phi) is 3.62. The van der Waals surface area contributed by atoms with Crippen molar-refractivity contribution in [2.45, 2.75) is 12.3 Å². The summed E-state index contributed by atoms with van der Waals surface area (Å²) in [7, 11) is 0. The highest BCUT2D eigenvalue weighted by molar-refractivity contribution is 5.68. The molecule has 0 aliphatic heterocycles. The molecule has 4 nitrogen and oxygen atoms in total. The fourth-order valence-electron chi connectivity index (χ4n) is 1.38. The maximum Gasteiger partial charge on any atom is 0.304 e. The van der Waals surface area contributed by atoms with Gasteiger partial charge in [-0.1, -0.05) is 0 Å². The number of phenols is 1. The Bertz CT molecular complexity index is 368. The summed E-state index contributed by atoms with van der Waals surface area (Å²) >= 11 is 0. The zero-order chi connectivity index (χ0) is 11.4. The molecule has 0 bridgehead atoms. The van der Waals surface area contributed by atoms with Gasteiger partial charge in [0.05, 0.1) is 6.42 Å². The van der Waals surface area contributed by atoms with Crippen LogP contribution in [0.4, 0.5) is 4.39 Å². The van der Waals surface area contributed by atoms with Crippen LogP contribution in [0.3, 0.4) is 0 Å². The molecule has 1 rings (SSSR count). The number of carbonyl (C=O) groups is 1. The summed E-state index contributed by atoms with van der Waals surface area (Å²) < 4.78 is 12.9. The molecule has 15 heavy (non-hydrogen) atoms. The Morgan fingerprint density at radius 1 is 1.53 bits per heavy atom. The molecule has 4 N–H and O–H groups in total. The molecule has 1 aromatic carbocycles. The number of rotatable bonds is 4. The van der Waals surface area contributed by atoms with Gasteiger partial charge in [0.1, 0.15) is 11.6 Å². The van der Waals surface area contributed by atoms with Crippen LogP contribution in [0.2, 0.25) is 0 Å². The predicted molar refractivity (Wildman–Crippen MR) is 52.1 cm³/mol. The minimum Gasteiger partial charge on any atom is -0.508 e. The van der Waals surface area contributed by atoms with Crippen LogP contribution < -0.4 is 5.73 Å². The number of benzene rings is 1. The van der Waals surface area contributed by atoms with Crippen molar-refractivity contribution in [3.63, 3.8) is 0 Å². The molecule has 1 unspecified atom stereocenters. The second-order valence-electron chi connectivity index (χ2n) is 3.23. The quantitative estimate of drug-likeness (QED) is 0.698. The van der Waals surface area contributed by atoms with Crippen molar-refractivity contribution >= 4 is 5.97 Å². The number of hydrogen-bond acceptors (Lipinski definition) is 3. The first-order valence-electron chi connectivity index (χ1n) is 4.45. The van der Waals surface area contributed by atoms with Crippen molar-refractivity contribution in [3.05, 3.63) is 29.6 Å². The second-order valence-corrected chi connectivity index (χ2v) is 3.23. The number of nitrogens with two attached hydrogens (primary N) is 1. The standard InChI is InChI=1S/C10H12FNO3/c11-7-1-2-9(13)8(4-7)6(5-12)3-10(14)15/h1-2,4,6,13H,3,5,12H2,(H,14,15). The maximum atomic E-state index is 12.9. The van der Waals surface area contributed by atoms with Crippen LogP contribution in [0.15, 0.2) is 18.2 Å². The van der Waals surface area contributed by atoms with Crippen molar-refractivity contribution in [3.8, 4) is 5.75 Å². The maximum absolute atomic E-state index is 12.9. The highest BCUT2D eigenvalue weighted by atomic mass is 19.1. The molecule has 0 saturated carbocycles. The molecule has 1 atom stereocenters. The van der Waals surface area contributed by atoms with E-state index in [-0.39, 0.29) is 24.3 Å². The van der Waals surface area contributed by atoms with Crippen LogP contribution in [0, 0.1) is 5.82 Å². The molecule has 0 aliphatic carbocycles. The largest absolute Gasteiger partial charge is 0.508 e. The molecule has 0 fully saturated rings. The van der Waals surface area contributed by atoms with Crippen molar-refractivity contribution < 1.29 is 19.4 Å². The fourth-order valence-corrected chi connectivity index (χ4v) is 1.38. The normalized spacial score (nSPS) is 12.4. The SMILES string of the molecule is NCC(CC(=O)O)c1cc(F)ccc1O. The zero-order valence-corrected chi connectivity index (χ0v) is 7.98. The van der Waals surface area contributed by atoms with E-state index < -0.39 is 17.7 Å². The minimum atomic E-state index is -1.03. The molecule has 82 valence electrons. The van der Waals surface area contributed by atoms with E-state index in [1.54, 1.807) is 0 Å². The number of hydrogen-bond donors (Lipinski definition) is 3. The van der Waals surface area contributed by atoms with Gasteiger partial charge in [-0.15, -0.1) is 0 Å². The van der Waals surface area contributed by atoms with Crippen molar-refractivity contribution in [2.24, 2.45) is 5.73 Å². The molecule has 0 amide bonds. The van der Waals surface area contributed by atoms with E-state index >= 15 is 0 Å². The Labute approximate surface area is 86.1 Å². The minimum absolute atomic E-state index is 0.0450. The lowest BCUT2D eigenvalue weighted by Crippen LogP contribution is -2.16. The lowest BCUT2D eigenvalue weighted by atomic mass is 9.95. The van der Waals surface area contributed by atoms with Crippen LogP contribution in [-0.2, 0) is 4.79 Å². The predicted octanol–water partition coefficient (Wildman–Crippen LogP) is 1.05. The summed E-state index contributed by atoms with van der Waals surface area (Å²) in [4.78, 5) is 10.5. The van der Waals surface area contributed by atoms with E-state index in [1.807, 2.05) is 0 Å². The summed E-state index contributed by atoms with van der Waals surface area (Å²) in [6, 6.07) is 3.40. The molecule has 0 aromatic heterocycles. The van der Waals surface area contributed by atoms with Gasteiger partial charge in [-0.3, -0.25) is 4.79 Å². The van der Waals surface area contributed by atoms with Gasteiger partial charge < -0.3 is 15.9 Å². The van der Waals surface area contributed by atoms with Gasteiger partial charge in [-0.2, -0.15) is 0 Å². The number of aliphatic carboxylic acids is 1. The fraction of sp³-hybridized carbons (Fsp3) is 0.300. The topological polar surface area (TPSA) is 83.6 Å². The average Bonchev–Trinajstić information content (AvgIpc) is 2.18. The number of phenolic OH excluding ortho intramolecular Hbond substituents is 1. The summed E-state index contributed by atoms with van der Waals surface area (Å²) in [5.41, 5.74) is 5.61. The van der Waals surface area contributed by atoms with E-state index in [4.69, 9.17) is 10.8 Å². The van der Waals surface area contributed by atoms with E-state index in [0.29, 0.717) is 0 Å². The first kappa shape index (κ1) is 11.5. The van der Waals surface area contributed by atoms with Crippen LogP contribution in [0.1, 0.15) is 17.9 Å². The van der Waals surface area contributed by atoms with Crippen LogP contribution in [0.5, 0.6) is 5.75 Å². The third-order valence-electron chi connectivity index (χ3n) is 2.13. The van der Waals surface area contributed by atoms with Crippen LogP contribution in [-0.4, -0.2) is 22.7 Å². The van der Waals surface area contributed by atoms with Gasteiger partial charge >= 0.3 is 5.97 Å². The Morgan fingerprint density at radius 3 is 2.73 bits per heavy atom.